The summed E-state index contributed by atoms with van der Waals surface area (Å²) in [4.78, 5) is 10.1. The molecule has 9 heavy (non-hydrogen) atoms. The number of carboxylic acids is 1. The van der Waals surface area contributed by atoms with Crippen molar-refractivity contribution in [2.24, 2.45) is 0 Å². The second-order valence-electron chi connectivity index (χ2n) is 1.86. The fourth-order valence-corrected chi connectivity index (χ4v) is 0.658. The van der Waals surface area contributed by atoms with Crippen LogP contribution in [0, 0.1) is 0 Å². The fraction of sp³-hybridized carbons (Fsp3) is 0.800. The van der Waals surface area contributed by atoms with E-state index in [1.54, 1.807) is 0 Å². The molecule has 0 spiro atoms. The van der Waals surface area contributed by atoms with Crippen LogP contribution in [-0.2, 0) is 14.3 Å². The molecule has 1 heterocycles. The lowest BCUT2D eigenvalue weighted by Crippen LogP contribution is -2.43. The van der Waals surface area contributed by atoms with Gasteiger partial charge in [0, 0.05) is 13.5 Å². The highest BCUT2D eigenvalue weighted by Crippen LogP contribution is 2.20. The number of carboxylic acid groups (broad SMARTS) is 1. The van der Waals surface area contributed by atoms with Gasteiger partial charge in [-0.05, 0) is 0 Å². The maximum atomic E-state index is 10.1. The molecule has 4 nitrogen and oxygen atoms in total. The molecule has 1 aliphatic rings. The van der Waals surface area contributed by atoms with Gasteiger partial charge >= 0.3 is 5.97 Å². The van der Waals surface area contributed by atoms with Crippen LogP contribution in [0.3, 0.4) is 0 Å². The van der Waals surface area contributed by atoms with Crippen LogP contribution >= 0.6 is 0 Å². The minimum atomic E-state index is -0.914. The van der Waals surface area contributed by atoms with Gasteiger partial charge in [-0.3, -0.25) is 0 Å². The van der Waals surface area contributed by atoms with Gasteiger partial charge in [-0.15, -0.1) is 0 Å². The highest BCUT2D eigenvalue weighted by atomic mass is 16.7. The number of methoxy groups -OCH3 is 1. The number of ether oxygens (including phenoxy) is 2. The highest BCUT2D eigenvalue weighted by Gasteiger charge is 2.35. The van der Waals surface area contributed by atoms with Crippen molar-refractivity contribution < 1.29 is 19.4 Å². The first-order valence-electron chi connectivity index (χ1n) is 2.65. The molecular formula is C5H8O4. The van der Waals surface area contributed by atoms with E-state index in [-0.39, 0.29) is 6.29 Å². The molecule has 1 aliphatic heterocycles. The quantitative estimate of drug-likeness (QED) is 0.566. The molecule has 2 atom stereocenters. The lowest BCUT2D eigenvalue weighted by molar-refractivity contribution is -0.247. The number of hydrogen-bond donors (Lipinski definition) is 1. The maximum absolute atomic E-state index is 10.1. The summed E-state index contributed by atoms with van der Waals surface area (Å²) in [7, 11) is 1.49. The van der Waals surface area contributed by atoms with Crippen molar-refractivity contribution in [3.63, 3.8) is 0 Å². The largest absolute Gasteiger partial charge is 0.479 e. The highest BCUT2D eigenvalue weighted by molar-refractivity contribution is 5.73. The van der Waals surface area contributed by atoms with E-state index in [0.717, 1.165) is 0 Å². The average molecular weight is 132 g/mol. The molecule has 0 saturated carbocycles. The van der Waals surface area contributed by atoms with Crippen LogP contribution in [0.5, 0.6) is 0 Å². The molecule has 0 amide bonds. The van der Waals surface area contributed by atoms with Gasteiger partial charge in [0.15, 0.2) is 12.4 Å². The molecule has 1 fully saturated rings. The van der Waals surface area contributed by atoms with Crippen molar-refractivity contribution >= 4 is 5.97 Å². The van der Waals surface area contributed by atoms with Gasteiger partial charge in [0.05, 0.1) is 0 Å². The summed E-state index contributed by atoms with van der Waals surface area (Å²) in [6.07, 6.45) is -0.479. The molecule has 0 aromatic carbocycles. The maximum Gasteiger partial charge on any atom is 0.333 e. The van der Waals surface area contributed by atoms with Gasteiger partial charge in [-0.1, -0.05) is 0 Å². The van der Waals surface area contributed by atoms with Gasteiger partial charge < -0.3 is 14.6 Å². The van der Waals surface area contributed by atoms with Crippen LogP contribution in [0.4, 0.5) is 0 Å². The number of aliphatic carboxylic acids is 1. The van der Waals surface area contributed by atoms with Gasteiger partial charge in [0.1, 0.15) is 0 Å². The Morgan fingerprint density at radius 3 is 2.78 bits per heavy atom. The van der Waals surface area contributed by atoms with E-state index < -0.39 is 12.1 Å². The SMILES string of the molecule is COC1CC(C(=O)O)O1. The minimum absolute atomic E-state index is 0.300. The molecule has 0 aromatic rings. The summed E-state index contributed by atoms with van der Waals surface area (Å²) in [5.41, 5.74) is 0. The second kappa shape index (κ2) is 2.33. The molecule has 4 heteroatoms. The third-order valence-electron chi connectivity index (χ3n) is 1.26. The van der Waals surface area contributed by atoms with E-state index in [1.807, 2.05) is 0 Å². The molecule has 1 saturated heterocycles. The Morgan fingerprint density at radius 1 is 1.89 bits per heavy atom. The van der Waals surface area contributed by atoms with Crippen LogP contribution in [-0.4, -0.2) is 30.6 Å². The Balaban J connectivity index is 2.19. The van der Waals surface area contributed by atoms with Crippen LogP contribution in [0.15, 0.2) is 0 Å². The molecule has 0 aliphatic carbocycles. The Labute approximate surface area is 52.4 Å². The molecule has 1 N–H and O–H groups in total. The zero-order valence-electron chi connectivity index (χ0n) is 5.03. The third-order valence-corrected chi connectivity index (χ3v) is 1.26. The topological polar surface area (TPSA) is 55.8 Å². The van der Waals surface area contributed by atoms with Crippen molar-refractivity contribution in [3.05, 3.63) is 0 Å². The van der Waals surface area contributed by atoms with Crippen LogP contribution < -0.4 is 0 Å². The van der Waals surface area contributed by atoms with E-state index >= 15 is 0 Å². The summed E-state index contributed by atoms with van der Waals surface area (Å²) in [5.74, 6) is -0.914. The normalized spacial score (nSPS) is 33.4. The summed E-state index contributed by atoms with van der Waals surface area (Å²) in [6.45, 7) is 0. The zero-order valence-corrected chi connectivity index (χ0v) is 5.03. The predicted molar refractivity (Wildman–Crippen MR) is 27.9 cm³/mol. The van der Waals surface area contributed by atoms with E-state index in [1.165, 1.54) is 7.11 Å². The van der Waals surface area contributed by atoms with E-state index in [4.69, 9.17) is 9.84 Å². The van der Waals surface area contributed by atoms with E-state index in [0.29, 0.717) is 6.42 Å². The van der Waals surface area contributed by atoms with E-state index in [9.17, 15) is 4.79 Å². The molecule has 0 radical (unpaired) electrons. The van der Waals surface area contributed by atoms with Crippen LogP contribution in [0.2, 0.25) is 0 Å². The van der Waals surface area contributed by atoms with Crippen molar-refractivity contribution in [1.29, 1.82) is 0 Å². The third kappa shape index (κ3) is 1.20. The number of hydrogen-bond acceptors (Lipinski definition) is 3. The molecule has 2 unspecified atom stereocenters. The minimum Gasteiger partial charge on any atom is -0.479 e. The lowest BCUT2D eigenvalue weighted by Gasteiger charge is -2.31. The summed E-state index contributed by atoms with van der Waals surface area (Å²) >= 11 is 0. The van der Waals surface area contributed by atoms with Crippen molar-refractivity contribution in [1.82, 2.24) is 0 Å². The molecule has 1 rings (SSSR count). The predicted octanol–water partition coefficient (Wildman–Crippen LogP) is -0.168. The van der Waals surface area contributed by atoms with Crippen LogP contribution in [0.25, 0.3) is 0 Å². The fourth-order valence-electron chi connectivity index (χ4n) is 0.658. The molecule has 0 bridgehead atoms. The van der Waals surface area contributed by atoms with Crippen molar-refractivity contribution in [2.45, 2.75) is 18.8 Å². The van der Waals surface area contributed by atoms with Gasteiger partial charge in [0.25, 0.3) is 0 Å². The monoisotopic (exact) mass is 132 g/mol. The standard InChI is InChI=1S/C5H8O4/c1-8-4-2-3(9-4)5(6)7/h3-4H,2H2,1H3,(H,6,7). The van der Waals surface area contributed by atoms with Crippen LogP contribution in [0.1, 0.15) is 6.42 Å². The van der Waals surface area contributed by atoms with Gasteiger partial charge in [0.2, 0.25) is 0 Å². The van der Waals surface area contributed by atoms with Gasteiger partial charge in [-0.2, -0.15) is 0 Å². The lowest BCUT2D eigenvalue weighted by atomic mass is 10.2. The van der Waals surface area contributed by atoms with Crippen molar-refractivity contribution in [3.8, 4) is 0 Å². The molecular weight excluding hydrogens is 124 g/mol. The number of rotatable bonds is 2. The Morgan fingerprint density at radius 2 is 2.44 bits per heavy atom. The zero-order chi connectivity index (χ0) is 6.85. The smallest absolute Gasteiger partial charge is 0.333 e. The molecule has 52 valence electrons. The first-order valence-corrected chi connectivity index (χ1v) is 2.65. The molecule has 0 aromatic heterocycles. The Hall–Kier alpha value is -0.610. The first kappa shape index (κ1) is 6.51. The summed E-state index contributed by atoms with van der Waals surface area (Å²) in [6, 6.07) is 0. The van der Waals surface area contributed by atoms with E-state index in [2.05, 4.69) is 4.74 Å². The Kier molecular flexibility index (Phi) is 1.68. The second-order valence-corrected chi connectivity index (χ2v) is 1.86. The summed E-state index contributed by atoms with van der Waals surface area (Å²) < 4.78 is 9.41. The average Bonchev–Trinajstić information content (AvgIpc) is 1.61. The van der Waals surface area contributed by atoms with Crippen molar-refractivity contribution in [2.75, 3.05) is 7.11 Å². The Bertz CT molecular complexity index is 116. The number of carbonyl (C=O) groups is 1. The summed E-state index contributed by atoms with van der Waals surface area (Å²) in [5, 5.41) is 8.27. The van der Waals surface area contributed by atoms with Gasteiger partial charge in [-0.25, -0.2) is 4.79 Å². The first-order chi connectivity index (χ1) is 4.24.